The zero-order valence-corrected chi connectivity index (χ0v) is 8.69. The van der Waals surface area contributed by atoms with Gasteiger partial charge >= 0.3 is 5.69 Å². The molecule has 90 valence electrons. The highest BCUT2D eigenvalue weighted by atomic mass is 16.3. The smallest absolute Gasteiger partial charge is 0.328 e. The third kappa shape index (κ3) is 2.60. The molecule has 0 aromatic carbocycles. The number of carbonyl (C=O) groups is 1. The van der Waals surface area contributed by atoms with Crippen LogP contribution in [0.3, 0.4) is 0 Å². The lowest BCUT2D eigenvalue weighted by atomic mass is 10.3. The summed E-state index contributed by atoms with van der Waals surface area (Å²) in [6.45, 7) is 0. The van der Waals surface area contributed by atoms with Crippen molar-refractivity contribution in [3.05, 3.63) is 26.4 Å². The van der Waals surface area contributed by atoms with E-state index >= 15 is 0 Å². The van der Waals surface area contributed by atoms with Crippen LogP contribution >= 0.6 is 0 Å². The number of rotatable bonds is 3. The molecule has 1 heterocycles. The predicted octanol–water partition coefficient (Wildman–Crippen LogP) is -1.37. The molecule has 1 fully saturated rings. The predicted molar refractivity (Wildman–Crippen MR) is 57.8 cm³/mol. The van der Waals surface area contributed by atoms with E-state index in [0.29, 0.717) is 0 Å². The first-order valence-electron chi connectivity index (χ1n) is 4.96. The molecule has 1 amide bonds. The SMILES string of the molecule is O=C(N/N=C\c1c(O)[nH]c(=O)[nH]c1=O)C1CC1. The maximum atomic E-state index is 11.2. The molecule has 0 bridgehead atoms. The molecule has 1 aliphatic rings. The number of hydrogen-bond donors (Lipinski definition) is 4. The lowest BCUT2D eigenvalue weighted by molar-refractivity contribution is -0.122. The summed E-state index contributed by atoms with van der Waals surface area (Å²) >= 11 is 0. The topological polar surface area (TPSA) is 127 Å². The molecule has 4 N–H and O–H groups in total. The molecule has 8 nitrogen and oxygen atoms in total. The van der Waals surface area contributed by atoms with Gasteiger partial charge in [0.2, 0.25) is 11.8 Å². The molecule has 1 aliphatic carbocycles. The second-order valence-corrected chi connectivity index (χ2v) is 3.68. The van der Waals surface area contributed by atoms with E-state index in [9.17, 15) is 19.5 Å². The Hall–Kier alpha value is -2.38. The van der Waals surface area contributed by atoms with E-state index < -0.39 is 17.1 Å². The summed E-state index contributed by atoms with van der Waals surface area (Å²) in [7, 11) is 0. The van der Waals surface area contributed by atoms with Gasteiger partial charge in [-0.25, -0.2) is 10.2 Å². The Labute approximate surface area is 94.4 Å². The lowest BCUT2D eigenvalue weighted by Gasteiger charge is -1.97. The second-order valence-electron chi connectivity index (χ2n) is 3.68. The number of aromatic nitrogens is 2. The average molecular weight is 238 g/mol. The van der Waals surface area contributed by atoms with Crippen molar-refractivity contribution in [3.8, 4) is 5.88 Å². The van der Waals surface area contributed by atoms with E-state index in [1.165, 1.54) is 0 Å². The van der Waals surface area contributed by atoms with Crippen molar-refractivity contribution < 1.29 is 9.90 Å². The minimum absolute atomic E-state index is 0.00499. The number of amides is 1. The van der Waals surface area contributed by atoms with Gasteiger partial charge in [-0.2, -0.15) is 5.10 Å². The number of H-pyrrole nitrogens is 2. The fourth-order valence-electron chi connectivity index (χ4n) is 1.20. The summed E-state index contributed by atoms with van der Waals surface area (Å²) in [6.07, 6.45) is 2.65. The van der Waals surface area contributed by atoms with Gasteiger partial charge in [0.1, 0.15) is 5.56 Å². The number of carbonyl (C=O) groups excluding carboxylic acids is 1. The van der Waals surface area contributed by atoms with E-state index in [0.717, 1.165) is 19.1 Å². The zero-order valence-electron chi connectivity index (χ0n) is 8.69. The van der Waals surface area contributed by atoms with Crippen LogP contribution < -0.4 is 16.7 Å². The second kappa shape index (κ2) is 4.24. The minimum atomic E-state index is -0.813. The monoisotopic (exact) mass is 238 g/mol. The molecule has 0 radical (unpaired) electrons. The van der Waals surface area contributed by atoms with Crippen LogP contribution in [-0.2, 0) is 4.79 Å². The highest BCUT2D eigenvalue weighted by Crippen LogP contribution is 2.28. The summed E-state index contributed by atoms with van der Waals surface area (Å²) in [5.41, 5.74) is 0.420. The number of nitrogens with one attached hydrogen (secondary N) is 3. The summed E-state index contributed by atoms with van der Waals surface area (Å²) in [5.74, 6) is -0.820. The number of nitrogens with zero attached hydrogens (tertiary/aromatic N) is 1. The van der Waals surface area contributed by atoms with Gasteiger partial charge in [0.05, 0.1) is 6.21 Å². The highest BCUT2D eigenvalue weighted by Gasteiger charge is 2.29. The van der Waals surface area contributed by atoms with Gasteiger partial charge in [-0.05, 0) is 12.8 Å². The van der Waals surface area contributed by atoms with E-state index in [1.54, 1.807) is 0 Å². The molecule has 8 heteroatoms. The van der Waals surface area contributed by atoms with E-state index in [1.807, 2.05) is 9.97 Å². The standard InChI is InChI=1S/C9H10N4O4/c14-6(4-1-2-4)13-10-3-5-7(15)11-9(17)12-8(5)16/h3-4H,1-2H2,(H,13,14)(H3,11,12,15,16,17)/b10-3-. The van der Waals surface area contributed by atoms with Crippen LogP contribution in [0.2, 0.25) is 0 Å². The van der Waals surface area contributed by atoms with Gasteiger partial charge in [0, 0.05) is 5.92 Å². The van der Waals surface area contributed by atoms with Crippen LogP contribution in [-0.4, -0.2) is 27.2 Å². The molecule has 1 aromatic heterocycles. The maximum Gasteiger partial charge on any atom is 0.328 e. The largest absolute Gasteiger partial charge is 0.494 e. The van der Waals surface area contributed by atoms with Crippen molar-refractivity contribution in [2.45, 2.75) is 12.8 Å². The molecular formula is C9H10N4O4. The summed E-state index contributed by atoms with van der Waals surface area (Å²) in [5, 5.41) is 12.8. The van der Waals surface area contributed by atoms with Crippen LogP contribution in [0.15, 0.2) is 14.7 Å². The first-order chi connectivity index (χ1) is 8.08. The van der Waals surface area contributed by atoms with Crippen molar-refractivity contribution in [1.29, 1.82) is 0 Å². The normalized spacial score (nSPS) is 15.1. The molecule has 1 aromatic rings. The van der Waals surface area contributed by atoms with E-state index in [-0.39, 0.29) is 17.4 Å². The molecular weight excluding hydrogens is 228 g/mol. The van der Waals surface area contributed by atoms with Crippen LogP contribution in [0.4, 0.5) is 0 Å². The van der Waals surface area contributed by atoms with Crippen molar-refractivity contribution in [1.82, 2.24) is 15.4 Å². The summed E-state index contributed by atoms with van der Waals surface area (Å²) in [6, 6.07) is 0. The van der Waals surface area contributed by atoms with Crippen LogP contribution in [0, 0.1) is 5.92 Å². The highest BCUT2D eigenvalue weighted by molar-refractivity contribution is 5.85. The van der Waals surface area contributed by atoms with Crippen molar-refractivity contribution in [3.63, 3.8) is 0 Å². The van der Waals surface area contributed by atoms with E-state index in [4.69, 9.17) is 0 Å². The minimum Gasteiger partial charge on any atom is -0.494 e. The molecule has 1 saturated carbocycles. The van der Waals surface area contributed by atoms with Gasteiger partial charge < -0.3 is 5.11 Å². The Bertz CT molecular complexity index is 581. The third-order valence-electron chi connectivity index (χ3n) is 2.28. The molecule has 17 heavy (non-hydrogen) atoms. The molecule has 0 aliphatic heterocycles. The molecule has 2 rings (SSSR count). The Balaban J connectivity index is 2.12. The van der Waals surface area contributed by atoms with Gasteiger partial charge in [-0.3, -0.25) is 19.6 Å². The summed E-state index contributed by atoms with van der Waals surface area (Å²) in [4.78, 5) is 37.1. The van der Waals surface area contributed by atoms with Gasteiger partial charge in [0.25, 0.3) is 5.56 Å². The number of aromatic hydroxyl groups is 1. The van der Waals surface area contributed by atoms with Crippen LogP contribution in [0.5, 0.6) is 5.88 Å². The molecule has 0 unspecified atom stereocenters. The maximum absolute atomic E-state index is 11.2. The number of aromatic amines is 2. The molecule has 0 spiro atoms. The van der Waals surface area contributed by atoms with Gasteiger partial charge in [-0.15, -0.1) is 0 Å². The third-order valence-corrected chi connectivity index (χ3v) is 2.28. The molecule has 0 atom stereocenters. The van der Waals surface area contributed by atoms with Crippen molar-refractivity contribution >= 4 is 12.1 Å². The van der Waals surface area contributed by atoms with Crippen molar-refractivity contribution in [2.24, 2.45) is 11.0 Å². The van der Waals surface area contributed by atoms with Crippen LogP contribution in [0.1, 0.15) is 18.4 Å². The fourth-order valence-corrected chi connectivity index (χ4v) is 1.20. The first-order valence-corrected chi connectivity index (χ1v) is 4.96. The zero-order chi connectivity index (χ0) is 12.4. The molecule has 0 saturated heterocycles. The first kappa shape index (κ1) is 11.1. The van der Waals surface area contributed by atoms with Gasteiger partial charge in [-0.1, -0.05) is 0 Å². The Morgan fingerprint density at radius 1 is 1.41 bits per heavy atom. The van der Waals surface area contributed by atoms with Gasteiger partial charge in [0.15, 0.2) is 0 Å². The van der Waals surface area contributed by atoms with Crippen LogP contribution in [0.25, 0.3) is 0 Å². The Morgan fingerprint density at radius 3 is 2.71 bits per heavy atom. The quantitative estimate of drug-likeness (QED) is 0.382. The fraction of sp³-hybridized carbons (Fsp3) is 0.333. The number of hydrogen-bond acceptors (Lipinski definition) is 5. The van der Waals surface area contributed by atoms with Crippen molar-refractivity contribution in [2.75, 3.05) is 0 Å². The number of hydrazone groups is 1. The van der Waals surface area contributed by atoms with E-state index in [2.05, 4.69) is 10.5 Å². The Morgan fingerprint density at radius 2 is 2.12 bits per heavy atom. The summed E-state index contributed by atoms with van der Waals surface area (Å²) < 4.78 is 0. The Kier molecular flexibility index (Phi) is 2.77. The lowest BCUT2D eigenvalue weighted by Crippen LogP contribution is -2.26. The average Bonchev–Trinajstić information content (AvgIpc) is 3.04.